The maximum Gasteiger partial charge on any atom is 0.325 e. The number of benzene rings is 2. The van der Waals surface area contributed by atoms with E-state index in [1.54, 1.807) is 0 Å². The van der Waals surface area contributed by atoms with Crippen LogP contribution in [0.4, 0.5) is 4.79 Å². The molecule has 0 radical (unpaired) electrons. The molecule has 2 heterocycles. The monoisotopic (exact) mass is 429 g/mol. The van der Waals surface area contributed by atoms with Crippen molar-refractivity contribution >= 4 is 18.7 Å². The number of nitrogens with zero attached hydrogens (tertiary/aromatic N) is 2. The summed E-state index contributed by atoms with van der Waals surface area (Å²) in [5.41, 5.74) is 8.72. The Kier molecular flexibility index (Phi) is 6.35. The minimum Gasteiger partial charge on any atom is -0.386 e. The molecule has 0 bridgehead atoms. The number of amides is 3. The van der Waals surface area contributed by atoms with Crippen molar-refractivity contribution in [1.82, 2.24) is 15.5 Å². The largest absolute Gasteiger partial charge is 0.386 e. The number of nitrogens with one attached hydrogen (secondary N) is 2. The number of rotatable bonds is 7. The van der Waals surface area contributed by atoms with E-state index in [0.717, 1.165) is 16.7 Å². The number of β-lactam (4-membered cyclic amide) rings is 1. The molecule has 0 unspecified atom stereocenters. The summed E-state index contributed by atoms with van der Waals surface area (Å²) in [4.78, 5) is 31.5. The van der Waals surface area contributed by atoms with E-state index in [2.05, 4.69) is 22.3 Å². The second kappa shape index (κ2) is 9.51. The van der Waals surface area contributed by atoms with Crippen molar-refractivity contribution < 1.29 is 9.59 Å². The number of hydrogen-bond donors (Lipinski definition) is 3. The number of hydrogen-bond acceptors (Lipinski definition) is 5. The number of likely N-dealkylation sites (tertiary alicyclic amines) is 1. The average Bonchev–Trinajstić information content (AvgIpc) is 2.82. The van der Waals surface area contributed by atoms with Crippen LogP contribution < -0.4 is 16.4 Å². The second-order valence-electron chi connectivity index (χ2n) is 7.96. The molecule has 0 spiro atoms. The number of carbonyl (C=O) groups excluding carboxylic acids is 2. The van der Waals surface area contributed by atoms with Gasteiger partial charge in [-0.1, -0.05) is 66.7 Å². The maximum atomic E-state index is 13.2. The van der Waals surface area contributed by atoms with Crippen LogP contribution in [0.1, 0.15) is 23.6 Å². The third kappa shape index (κ3) is 4.42. The highest BCUT2D eigenvalue weighted by Crippen LogP contribution is 2.34. The van der Waals surface area contributed by atoms with E-state index in [0.29, 0.717) is 25.3 Å². The fourth-order valence-corrected chi connectivity index (χ4v) is 4.27. The molecule has 1 saturated heterocycles. The molecule has 4 rings (SSSR count). The molecule has 2 aliphatic heterocycles. The molecule has 7 nitrogen and oxygen atoms in total. The van der Waals surface area contributed by atoms with Crippen molar-refractivity contribution in [2.24, 2.45) is 16.6 Å². The zero-order valence-electron chi connectivity index (χ0n) is 17.8. The Hall–Kier alpha value is -3.87. The standard InChI is InChI=1S/C25H27N5O2/c1-27-16-21-20(14-17-12-13-28-22(26)15-17)24(31)30(21)25(32)29-23(18-8-4-2-5-9-18)19-10-6-3-7-11-19/h2-12,15,20-21,23,28H,1,13-14,16,26H2,(H,29,32)/t20-,21-/m1/s1. The third-order valence-electron chi connectivity index (χ3n) is 5.89. The fraction of sp³-hybridized carbons (Fsp3) is 0.240. The van der Waals surface area contributed by atoms with Crippen LogP contribution in [-0.2, 0) is 4.79 Å². The van der Waals surface area contributed by atoms with Gasteiger partial charge < -0.3 is 16.4 Å². The van der Waals surface area contributed by atoms with Crippen molar-refractivity contribution in [3.8, 4) is 0 Å². The Bertz CT molecular complexity index is 1010. The molecule has 0 aliphatic carbocycles. The summed E-state index contributed by atoms with van der Waals surface area (Å²) < 4.78 is 0. The highest BCUT2D eigenvalue weighted by molar-refractivity contribution is 6.01. The van der Waals surface area contributed by atoms with Crippen LogP contribution in [0.5, 0.6) is 0 Å². The van der Waals surface area contributed by atoms with Crippen molar-refractivity contribution in [2.45, 2.75) is 18.5 Å². The van der Waals surface area contributed by atoms with Gasteiger partial charge >= 0.3 is 6.03 Å². The molecule has 3 amide bonds. The van der Waals surface area contributed by atoms with E-state index in [9.17, 15) is 9.59 Å². The Morgan fingerprint density at radius 1 is 1.16 bits per heavy atom. The van der Waals surface area contributed by atoms with Gasteiger partial charge in [-0.15, -0.1) is 0 Å². The molecular formula is C25H27N5O2. The van der Waals surface area contributed by atoms with Crippen LogP contribution in [0.25, 0.3) is 0 Å². The van der Waals surface area contributed by atoms with Crippen molar-refractivity contribution in [3.05, 3.63) is 95.3 Å². The molecule has 2 aromatic rings. The highest BCUT2D eigenvalue weighted by atomic mass is 16.2. The Balaban J connectivity index is 1.52. The minimum atomic E-state index is -0.424. The smallest absolute Gasteiger partial charge is 0.325 e. The normalized spacial score (nSPS) is 20.0. The van der Waals surface area contributed by atoms with Gasteiger partial charge in [0.2, 0.25) is 5.91 Å². The van der Waals surface area contributed by atoms with Gasteiger partial charge in [-0.05, 0) is 35.9 Å². The fourth-order valence-electron chi connectivity index (χ4n) is 4.27. The lowest BCUT2D eigenvalue weighted by molar-refractivity contribution is -0.149. The number of allylic oxidation sites excluding steroid dienone is 2. The summed E-state index contributed by atoms with van der Waals surface area (Å²) in [5, 5.41) is 6.07. The molecule has 2 aromatic carbocycles. The zero-order valence-corrected chi connectivity index (χ0v) is 17.8. The van der Waals surface area contributed by atoms with Crippen LogP contribution in [0.15, 0.2) is 89.2 Å². The lowest BCUT2D eigenvalue weighted by Crippen LogP contribution is -2.66. The van der Waals surface area contributed by atoms with Gasteiger partial charge in [0, 0.05) is 6.54 Å². The molecule has 32 heavy (non-hydrogen) atoms. The van der Waals surface area contributed by atoms with Gasteiger partial charge in [0.15, 0.2) is 0 Å². The minimum absolute atomic E-state index is 0.206. The number of carbonyl (C=O) groups is 2. The first-order valence-electron chi connectivity index (χ1n) is 10.6. The molecular weight excluding hydrogens is 402 g/mol. The highest BCUT2D eigenvalue weighted by Gasteiger charge is 2.50. The van der Waals surface area contributed by atoms with Crippen LogP contribution >= 0.6 is 0 Å². The number of nitrogens with two attached hydrogens (primary N) is 1. The number of imide groups is 1. The summed E-state index contributed by atoms with van der Waals surface area (Å²) in [6, 6.07) is 18.3. The van der Waals surface area contributed by atoms with Gasteiger partial charge in [-0.3, -0.25) is 14.7 Å². The maximum absolute atomic E-state index is 13.2. The predicted molar refractivity (Wildman–Crippen MR) is 125 cm³/mol. The van der Waals surface area contributed by atoms with Gasteiger partial charge in [0.25, 0.3) is 0 Å². The molecule has 2 aliphatic rings. The number of aliphatic imine (C=N–C) groups is 1. The second-order valence-corrected chi connectivity index (χ2v) is 7.96. The van der Waals surface area contributed by atoms with E-state index in [4.69, 9.17) is 5.73 Å². The summed E-state index contributed by atoms with van der Waals surface area (Å²) in [6.07, 6.45) is 4.36. The van der Waals surface area contributed by atoms with E-state index in [1.165, 1.54) is 4.90 Å². The molecule has 4 N–H and O–H groups in total. The Labute approximate surface area is 187 Å². The molecule has 7 heteroatoms. The van der Waals surface area contributed by atoms with E-state index in [-0.39, 0.29) is 23.9 Å². The first-order chi connectivity index (χ1) is 15.6. The van der Waals surface area contributed by atoms with Crippen molar-refractivity contribution in [2.75, 3.05) is 13.1 Å². The average molecular weight is 430 g/mol. The number of dihydropyridines is 1. The van der Waals surface area contributed by atoms with Gasteiger partial charge in [0.05, 0.1) is 30.4 Å². The Morgan fingerprint density at radius 3 is 2.34 bits per heavy atom. The van der Waals surface area contributed by atoms with Crippen LogP contribution in [0.3, 0.4) is 0 Å². The summed E-state index contributed by atoms with van der Waals surface area (Å²) in [7, 11) is 0. The topological polar surface area (TPSA) is 99.8 Å². The Morgan fingerprint density at radius 2 is 1.78 bits per heavy atom. The quantitative estimate of drug-likeness (QED) is 0.465. The van der Waals surface area contributed by atoms with Crippen molar-refractivity contribution in [1.29, 1.82) is 0 Å². The summed E-state index contributed by atoms with van der Waals surface area (Å²) >= 11 is 0. The molecule has 1 fully saturated rings. The summed E-state index contributed by atoms with van der Waals surface area (Å²) in [5.74, 6) is 0.0461. The van der Waals surface area contributed by atoms with E-state index >= 15 is 0 Å². The van der Waals surface area contributed by atoms with Gasteiger partial charge in [0.1, 0.15) is 0 Å². The molecule has 0 aromatic heterocycles. The van der Waals surface area contributed by atoms with Crippen molar-refractivity contribution in [3.63, 3.8) is 0 Å². The van der Waals surface area contributed by atoms with Crippen LogP contribution in [-0.4, -0.2) is 42.7 Å². The van der Waals surface area contributed by atoms with Crippen LogP contribution in [0, 0.1) is 5.92 Å². The number of urea groups is 1. The first-order valence-corrected chi connectivity index (χ1v) is 10.6. The lowest BCUT2D eigenvalue weighted by Gasteiger charge is -2.45. The lowest BCUT2D eigenvalue weighted by atomic mass is 9.82. The van der Waals surface area contributed by atoms with Crippen LogP contribution in [0.2, 0.25) is 0 Å². The zero-order chi connectivity index (χ0) is 22.5. The van der Waals surface area contributed by atoms with Gasteiger partial charge in [-0.25, -0.2) is 4.79 Å². The predicted octanol–water partition coefficient (Wildman–Crippen LogP) is 2.73. The van der Waals surface area contributed by atoms with E-state index in [1.807, 2.05) is 72.8 Å². The summed E-state index contributed by atoms with van der Waals surface area (Å²) in [6.45, 7) is 4.50. The SMILES string of the molecule is C=NC[C@@H]1[C@@H](CC2=CCNC(N)=C2)C(=O)N1C(=O)NC(c1ccccc1)c1ccccc1. The van der Waals surface area contributed by atoms with E-state index < -0.39 is 6.03 Å². The molecule has 164 valence electrons. The van der Waals surface area contributed by atoms with Gasteiger partial charge in [-0.2, -0.15) is 0 Å². The first kappa shape index (κ1) is 21.4. The third-order valence-corrected chi connectivity index (χ3v) is 5.89. The molecule has 0 saturated carbocycles. The molecule has 2 atom stereocenters.